The number of para-hydroxylation sites is 1. The van der Waals surface area contributed by atoms with E-state index >= 15 is 0 Å². The van der Waals surface area contributed by atoms with Crippen LogP contribution in [0.3, 0.4) is 0 Å². The monoisotopic (exact) mass is 327 g/mol. The molecule has 0 radical (unpaired) electrons. The van der Waals surface area contributed by atoms with Crippen molar-refractivity contribution in [3.8, 4) is 0 Å². The lowest BCUT2D eigenvalue weighted by molar-refractivity contribution is -0.926. The third-order valence-corrected chi connectivity index (χ3v) is 4.58. The van der Waals surface area contributed by atoms with Gasteiger partial charge in [-0.2, -0.15) is 15.0 Å². The van der Waals surface area contributed by atoms with Crippen LogP contribution in [0.2, 0.25) is 0 Å². The highest BCUT2D eigenvalue weighted by Gasteiger charge is 2.26. The van der Waals surface area contributed by atoms with Crippen molar-refractivity contribution < 1.29 is 4.90 Å². The largest absolute Gasteiger partial charge is 0.368 e. The number of nitrogen functional groups attached to an aromatic ring is 1. The highest BCUT2D eigenvalue weighted by Crippen LogP contribution is 2.18. The van der Waals surface area contributed by atoms with Crippen LogP contribution in [-0.4, -0.2) is 28.0 Å². The minimum atomic E-state index is 0.272. The second kappa shape index (κ2) is 7.13. The zero-order valence-electron chi connectivity index (χ0n) is 14.7. The molecule has 6 nitrogen and oxygen atoms in total. The highest BCUT2D eigenvalue weighted by atomic mass is 15.2. The van der Waals surface area contributed by atoms with Crippen LogP contribution in [0.15, 0.2) is 24.3 Å². The van der Waals surface area contributed by atoms with Gasteiger partial charge in [0.15, 0.2) is 5.82 Å². The van der Waals surface area contributed by atoms with Crippen molar-refractivity contribution in [3.63, 3.8) is 0 Å². The van der Waals surface area contributed by atoms with Crippen molar-refractivity contribution >= 4 is 17.6 Å². The van der Waals surface area contributed by atoms with Crippen LogP contribution in [0.5, 0.6) is 0 Å². The number of piperidine rings is 1. The number of hydrogen-bond donors (Lipinski definition) is 3. The summed E-state index contributed by atoms with van der Waals surface area (Å²) in [5.74, 6) is 3.03. The quantitative estimate of drug-likeness (QED) is 0.794. The van der Waals surface area contributed by atoms with Crippen LogP contribution >= 0.6 is 0 Å². The molecule has 2 aromatic rings. The molecule has 1 aromatic heterocycles. The average Bonchev–Trinajstić information content (AvgIpc) is 2.48. The molecule has 1 aliphatic rings. The summed E-state index contributed by atoms with van der Waals surface area (Å²) in [4.78, 5) is 14.7. The fraction of sp³-hybridized carbons (Fsp3) is 0.500. The third kappa shape index (κ3) is 4.20. The number of likely N-dealkylation sites (tertiary alicyclic amines) is 1. The van der Waals surface area contributed by atoms with Gasteiger partial charge in [-0.05, 0) is 25.0 Å². The van der Waals surface area contributed by atoms with E-state index in [0.29, 0.717) is 5.95 Å². The molecule has 0 unspecified atom stereocenters. The number of anilines is 3. The van der Waals surface area contributed by atoms with Gasteiger partial charge in [0.05, 0.1) is 13.1 Å². The number of quaternary nitrogens is 1. The van der Waals surface area contributed by atoms with Crippen molar-refractivity contribution in [3.05, 3.63) is 35.7 Å². The Morgan fingerprint density at radius 1 is 1.12 bits per heavy atom. The Hall–Kier alpha value is -2.21. The molecule has 0 spiro atoms. The molecule has 0 amide bonds. The summed E-state index contributed by atoms with van der Waals surface area (Å²) < 4.78 is 0. The van der Waals surface area contributed by atoms with Crippen LogP contribution in [-0.2, 0) is 6.54 Å². The summed E-state index contributed by atoms with van der Waals surface area (Å²) in [6.07, 6.45) is 1.31. The zero-order chi connectivity index (χ0) is 17.1. The molecule has 0 saturated carbocycles. The summed E-state index contributed by atoms with van der Waals surface area (Å²) in [5, 5.41) is 3.26. The molecule has 1 aromatic carbocycles. The Morgan fingerprint density at radius 3 is 2.54 bits per heavy atom. The molecule has 0 aliphatic carbocycles. The van der Waals surface area contributed by atoms with E-state index in [9.17, 15) is 0 Å². The lowest BCUT2D eigenvalue weighted by Gasteiger charge is -2.31. The van der Waals surface area contributed by atoms with Crippen LogP contribution in [0.25, 0.3) is 0 Å². The summed E-state index contributed by atoms with van der Waals surface area (Å²) >= 11 is 0. The first-order valence-corrected chi connectivity index (χ1v) is 8.66. The first-order chi connectivity index (χ1) is 11.5. The Kier molecular flexibility index (Phi) is 4.94. The van der Waals surface area contributed by atoms with Gasteiger partial charge >= 0.3 is 0 Å². The van der Waals surface area contributed by atoms with Crippen LogP contribution in [0.1, 0.15) is 31.7 Å². The second-order valence-corrected chi connectivity index (χ2v) is 7.15. The molecule has 1 aliphatic heterocycles. The number of hydrogen-bond acceptors (Lipinski definition) is 5. The van der Waals surface area contributed by atoms with E-state index in [1.165, 1.54) is 11.3 Å². The van der Waals surface area contributed by atoms with Gasteiger partial charge in [-0.3, -0.25) is 0 Å². The topological polar surface area (TPSA) is 81.2 Å². The summed E-state index contributed by atoms with van der Waals surface area (Å²) in [7, 11) is 0. The van der Waals surface area contributed by atoms with Gasteiger partial charge in [0.1, 0.15) is 6.54 Å². The Bertz CT molecular complexity index is 692. The van der Waals surface area contributed by atoms with Crippen molar-refractivity contribution in [2.75, 3.05) is 24.1 Å². The van der Waals surface area contributed by atoms with Crippen LogP contribution < -0.4 is 16.0 Å². The van der Waals surface area contributed by atoms with Crippen molar-refractivity contribution in [2.45, 2.75) is 33.7 Å². The number of benzene rings is 1. The van der Waals surface area contributed by atoms with E-state index < -0.39 is 0 Å². The molecule has 4 N–H and O–H groups in total. The molecule has 6 heteroatoms. The maximum absolute atomic E-state index is 5.90. The fourth-order valence-corrected chi connectivity index (χ4v) is 3.70. The van der Waals surface area contributed by atoms with Crippen molar-refractivity contribution in [2.24, 2.45) is 11.8 Å². The summed E-state index contributed by atoms with van der Waals surface area (Å²) in [6, 6.07) is 8.06. The zero-order valence-corrected chi connectivity index (χ0v) is 14.7. The first kappa shape index (κ1) is 16.6. The molecule has 2 heterocycles. The second-order valence-electron chi connectivity index (χ2n) is 7.15. The first-order valence-electron chi connectivity index (χ1n) is 8.66. The minimum absolute atomic E-state index is 0.272. The van der Waals surface area contributed by atoms with Crippen molar-refractivity contribution in [1.29, 1.82) is 0 Å². The standard InChI is InChI=1S/C18H26N6/c1-12-8-13(2)10-24(9-12)11-16-21-17(19)23-18(22-16)20-15-7-5-4-6-14(15)3/h4-7,12-13H,8-11H2,1-3H3,(H3,19,20,21,22,23)/p+1/t12-,13-/m0/s1. The van der Waals surface area contributed by atoms with E-state index in [4.69, 9.17) is 5.73 Å². The SMILES string of the molecule is Cc1ccccc1Nc1nc(N)nc(C[NH+]2C[C@@H](C)C[C@H](C)C2)n1. The maximum atomic E-state index is 5.90. The van der Waals surface area contributed by atoms with Gasteiger partial charge in [0.25, 0.3) is 0 Å². The van der Waals surface area contributed by atoms with Gasteiger partial charge in [-0.1, -0.05) is 32.0 Å². The molecule has 2 atom stereocenters. The van der Waals surface area contributed by atoms with Gasteiger partial charge in [-0.25, -0.2) is 0 Å². The lowest BCUT2D eigenvalue weighted by atomic mass is 9.92. The molecular formula is C18H27N6+. The van der Waals surface area contributed by atoms with Gasteiger partial charge in [0, 0.05) is 17.5 Å². The smallest absolute Gasteiger partial charge is 0.232 e. The lowest BCUT2D eigenvalue weighted by Crippen LogP contribution is -3.13. The van der Waals surface area contributed by atoms with Gasteiger partial charge in [-0.15, -0.1) is 0 Å². The van der Waals surface area contributed by atoms with Gasteiger partial charge < -0.3 is 16.0 Å². The van der Waals surface area contributed by atoms with Crippen LogP contribution in [0, 0.1) is 18.8 Å². The number of aromatic nitrogens is 3. The molecule has 128 valence electrons. The fourth-order valence-electron chi connectivity index (χ4n) is 3.70. The van der Waals surface area contributed by atoms with E-state index in [1.807, 2.05) is 18.2 Å². The highest BCUT2D eigenvalue weighted by molar-refractivity contribution is 5.58. The Morgan fingerprint density at radius 2 is 1.83 bits per heavy atom. The Labute approximate surface area is 143 Å². The third-order valence-electron chi connectivity index (χ3n) is 4.58. The van der Waals surface area contributed by atoms with E-state index in [-0.39, 0.29) is 5.95 Å². The summed E-state index contributed by atoms with van der Waals surface area (Å²) in [5.41, 5.74) is 8.03. The van der Waals surface area contributed by atoms with Crippen LogP contribution in [0.4, 0.5) is 17.6 Å². The minimum Gasteiger partial charge on any atom is -0.368 e. The summed E-state index contributed by atoms with van der Waals surface area (Å²) in [6.45, 7) is 9.82. The number of nitrogens with one attached hydrogen (secondary N) is 2. The van der Waals surface area contributed by atoms with E-state index in [0.717, 1.165) is 48.5 Å². The number of aryl methyl sites for hydroxylation is 1. The molecule has 3 rings (SSSR count). The molecule has 1 saturated heterocycles. The van der Waals surface area contributed by atoms with E-state index in [2.05, 4.69) is 47.1 Å². The Balaban J connectivity index is 1.75. The normalized spacial score (nSPS) is 23.9. The number of rotatable bonds is 4. The molecular weight excluding hydrogens is 300 g/mol. The average molecular weight is 327 g/mol. The molecule has 24 heavy (non-hydrogen) atoms. The van der Waals surface area contributed by atoms with Gasteiger partial charge in [0.2, 0.25) is 11.9 Å². The predicted molar refractivity (Wildman–Crippen MR) is 96.0 cm³/mol. The number of nitrogens with two attached hydrogens (primary N) is 1. The van der Waals surface area contributed by atoms with E-state index in [1.54, 1.807) is 0 Å². The van der Waals surface area contributed by atoms with Crippen molar-refractivity contribution in [1.82, 2.24) is 15.0 Å². The maximum Gasteiger partial charge on any atom is 0.232 e. The number of nitrogens with zero attached hydrogens (tertiary/aromatic N) is 3. The predicted octanol–water partition coefficient (Wildman–Crippen LogP) is 1.57. The molecule has 1 fully saturated rings. The molecule has 0 bridgehead atoms.